The van der Waals surface area contributed by atoms with E-state index in [-0.39, 0.29) is 0 Å². The predicted octanol–water partition coefficient (Wildman–Crippen LogP) is 2.20. The van der Waals surface area contributed by atoms with E-state index >= 15 is 0 Å². The van der Waals surface area contributed by atoms with Crippen molar-refractivity contribution in [1.82, 2.24) is 0 Å². The van der Waals surface area contributed by atoms with Crippen LogP contribution in [0.3, 0.4) is 0 Å². The van der Waals surface area contributed by atoms with E-state index in [0.717, 1.165) is 26.1 Å². The van der Waals surface area contributed by atoms with Gasteiger partial charge in [-0.3, -0.25) is 0 Å². The van der Waals surface area contributed by atoms with Crippen molar-refractivity contribution in [2.24, 2.45) is 0 Å². The fourth-order valence-electron chi connectivity index (χ4n) is 0.700. The van der Waals surface area contributed by atoms with Gasteiger partial charge >= 0.3 is 71.7 Å². The summed E-state index contributed by atoms with van der Waals surface area (Å²) in [5.41, 5.74) is 1.31. The van der Waals surface area contributed by atoms with Gasteiger partial charge in [0.1, 0.15) is 0 Å². The predicted molar refractivity (Wildman–Crippen MR) is 35.5 cm³/mol. The third kappa shape index (κ3) is 2.31. The number of rotatable bonds is 1. The monoisotopic (exact) mass is 305 g/mol. The summed E-state index contributed by atoms with van der Waals surface area (Å²) >= 11 is 0.792. The molecular weight excluding hydrogens is 297 g/mol. The minimum atomic E-state index is 0.792. The average Bonchev–Trinajstić information content (AvgIpc) is 1.91. The Bertz CT molecular complexity index is 189. The van der Waals surface area contributed by atoms with E-state index in [1.54, 1.807) is 0 Å². The zero-order valence-electron chi connectivity index (χ0n) is 5.25. The molecule has 1 rings (SSSR count). The Kier molecular flexibility index (Phi) is 2.98. The number of hydrogen-bond donors (Lipinski definition) is 0. The maximum atomic E-state index is 2.23. The zero-order valence-corrected chi connectivity index (χ0v) is 10.7. The molecule has 0 unspecified atom stereocenters. The van der Waals surface area contributed by atoms with Gasteiger partial charge < -0.3 is 0 Å². The van der Waals surface area contributed by atoms with E-state index in [9.17, 15) is 0 Å². The van der Waals surface area contributed by atoms with Crippen LogP contribution in [0.15, 0.2) is 33.9 Å². The SMILES string of the molecule is [Hg]/[CH]=C/c1ccccc1. The molecule has 0 heterocycles. The van der Waals surface area contributed by atoms with Crippen LogP contribution in [0.25, 0.3) is 6.08 Å². The van der Waals surface area contributed by atoms with Crippen molar-refractivity contribution >= 4 is 6.08 Å². The van der Waals surface area contributed by atoms with Gasteiger partial charge in [-0.2, -0.15) is 0 Å². The van der Waals surface area contributed by atoms with Gasteiger partial charge in [-0.15, -0.1) is 0 Å². The molecule has 0 saturated heterocycles. The fraction of sp³-hybridized carbons (Fsp3) is 0. The standard InChI is InChI=1S/C8H7.Hg/c1-2-8-6-4-3-5-7-8;/h1-7H;. The quantitative estimate of drug-likeness (QED) is 0.698. The molecule has 0 aliphatic heterocycles. The van der Waals surface area contributed by atoms with Gasteiger partial charge in [-0.05, 0) is 0 Å². The van der Waals surface area contributed by atoms with Crippen molar-refractivity contribution in [2.45, 2.75) is 0 Å². The fourth-order valence-corrected chi connectivity index (χ4v) is 1.76. The van der Waals surface area contributed by atoms with Gasteiger partial charge in [0.2, 0.25) is 0 Å². The van der Waals surface area contributed by atoms with Crippen LogP contribution >= 0.6 is 0 Å². The summed E-state index contributed by atoms with van der Waals surface area (Å²) in [6.07, 6.45) is 2.17. The minimum absolute atomic E-state index is 0.792. The van der Waals surface area contributed by atoms with Crippen molar-refractivity contribution in [2.75, 3.05) is 0 Å². The van der Waals surface area contributed by atoms with E-state index in [1.807, 2.05) is 6.07 Å². The molecule has 0 aliphatic carbocycles. The molecular formula is C8H7Hg. The van der Waals surface area contributed by atoms with E-state index in [4.69, 9.17) is 0 Å². The molecule has 0 saturated carbocycles. The van der Waals surface area contributed by atoms with Crippen molar-refractivity contribution in [3.63, 3.8) is 0 Å². The second-order valence-electron chi connectivity index (χ2n) is 1.81. The normalized spacial score (nSPS) is 10.4. The van der Waals surface area contributed by atoms with Crippen molar-refractivity contribution in [1.29, 1.82) is 0 Å². The van der Waals surface area contributed by atoms with E-state index < -0.39 is 0 Å². The van der Waals surface area contributed by atoms with Crippen LogP contribution in [0.2, 0.25) is 0 Å². The van der Waals surface area contributed by atoms with Gasteiger partial charge in [0.05, 0.1) is 0 Å². The Morgan fingerprint density at radius 2 is 1.78 bits per heavy atom. The molecule has 0 bridgehead atoms. The van der Waals surface area contributed by atoms with Crippen molar-refractivity contribution < 1.29 is 26.1 Å². The van der Waals surface area contributed by atoms with Gasteiger partial charge in [-0.25, -0.2) is 0 Å². The Morgan fingerprint density at radius 1 is 1.11 bits per heavy atom. The second-order valence-corrected chi connectivity index (χ2v) is 3.65. The van der Waals surface area contributed by atoms with Gasteiger partial charge in [-0.1, -0.05) is 0 Å². The van der Waals surface area contributed by atoms with Crippen LogP contribution in [0, 0.1) is 0 Å². The first-order valence-corrected chi connectivity index (χ1v) is 6.12. The molecule has 0 nitrogen and oxygen atoms in total. The molecule has 0 atom stereocenters. The van der Waals surface area contributed by atoms with E-state index in [0.29, 0.717) is 0 Å². The molecule has 1 aromatic carbocycles. The topological polar surface area (TPSA) is 0 Å². The molecule has 0 amide bonds. The van der Waals surface area contributed by atoms with Crippen molar-refractivity contribution in [3.05, 3.63) is 39.5 Å². The summed E-state index contributed by atoms with van der Waals surface area (Å²) in [7, 11) is 0. The molecule has 0 radical (unpaired) electrons. The molecule has 0 aromatic heterocycles. The summed E-state index contributed by atoms with van der Waals surface area (Å²) in [6.45, 7) is 0. The molecule has 0 aliphatic rings. The van der Waals surface area contributed by atoms with Crippen LogP contribution in [-0.2, 0) is 26.1 Å². The molecule has 41 valence electrons. The summed E-state index contributed by atoms with van der Waals surface area (Å²) in [6, 6.07) is 10.4. The first-order chi connectivity index (χ1) is 4.43. The van der Waals surface area contributed by atoms with Crippen LogP contribution in [-0.4, -0.2) is 0 Å². The third-order valence-corrected chi connectivity index (χ3v) is 2.03. The molecule has 0 fully saturated rings. The number of hydrogen-bond acceptors (Lipinski definition) is 0. The van der Waals surface area contributed by atoms with Crippen LogP contribution in [0.4, 0.5) is 0 Å². The van der Waals surface area contributed by atoms with Crippen LogP contribution < -0.4 is 0 Å². The molecule has 0 spiro atoms. The first kappa shape index (κ1) is 7.01. The molecule has 1 heteroatoms. The Labute approximate surface area is 71.6 Å². The molecule has 0 N–H and O–H groups in total. The maximum absolute atomic E-state index is 2.23. The van der Waals surface area contributed by atoms with E-state index in [2.05, 4.69) is 33.9 Å². The Morgan fingerprint density at radius 3 is 2.33 bits per heavy atom. The van der Waals surface area contributed by atoms with Crippen LogP contribution in [0.5, 0.6) is 0 Å². The second kappa shape index (κ2) is 3.83. The van der Waals surface area contributed by atoms with Gasteiger partial charge in [0.25, 0.3) is 0 Å². The zero-order chi connectivity index (χ0) is 6.53. The van der Waals surface area contributed by atoms with Crippen molar-refractivity contribution in [3.8, 4) is 0 Å². The summed E-state index contributed by atoms with van der Waals surface area (Å²) in [4.78, 5) is 0. The Hall–Kier alpha value is -0.105. The average molecular weight is 304 g/mol. The third-order valence-electron chi connectivity index (χ3n) is 1.11. The summed E-state index contributed by atoms with van der Waals surface area (Å²) < 4.78 is 2.23. The summed E-state index contributed by atoms with van der Waals surface area (Å²) in [5, 5.41) is 0. The van der Waals surface area contributed by atoms with E-state index in [1.165, 1.54) is 5.56 Å². The first-order valence-electron chi connectivity index (χ1n) is 2.94. The Balaban J connectivity index is 2.85. The van der Waals surface area contributed by atoms with Gasteiger partial charge in [0.15, 0.2) is 0 Å². The van der Waals surface area contributed by atoms with Crippen LogP contribution in [0.1, 0.15) is 5.56 Å². The molecule has 1 aromatic rings. The van der Waals surface area contributed by atoms with Gasteiger partial charge in [0, 0.05) is 0 Å². The summed E-state index contributed by atoms with van der Waals surface area (Å²) in [5.74, 6) is 0. The molecule has 9 heavy (non-hydrogen) atoms. The number of benzene rings is 1.